The minimum Gasteiger partial charge on any atom is -0.492 e. The number of halogens is 1. The molecule has 2 aromatic rings. The fourth-order valence-corrected chi connectivity index (χ4v) is 2.58. The molecule has 1 aliphatic heterocycles. The van der Waals surface area contributed by atoms with Crippen LogP contribution in [0, 0.1) is 0 Å². The van der Waals surface area contributed by atoms with E-state index < -0.39 is 0 Å². The summed E-state index contributed by atoms with van der Waals surface area (Å²) in [6, 6.07) is 16.5. The highest BCUT2D eigenvalue weighted by molar-refractivity contribution is 6.30. The quantitative estimate of drug-likeness (QED) is 0.925. The van der Waals surface area contributed by atoms with Gasteiger partial charge in [-0.2, -0.15) is 0 Å². The fourth-order valence-electron chi connectivity index (χ4n) is 2.37. The molecule has 1 heterocycles. The molecule has 0 aromatic heterocycles. The first-order valence-electron chi connectivity index (χ1n) is 6.50. The average molecular weight is 274 g/mol. The Morgan fingerprint density at radius 3 is 2.95 bits per heavy atom. The number of nitrogens with one attached hydrogen (secondary N) is 1. The number of ether oxygens (including phenoxy) is 1. The molecule has 2 aromatic carbocycles. The number of fused-ring (bicyclic) bond motifs is 1. The summed E-state index contributed by atoms with van der Waals surface area (Å²) < 4.78 is 5.76. The van der Waals surface area contributed by atoms with Gasteiger partial charge in [0, 0.05) is 17.6 Å². The van der Waals surface area contributed by atoms with Crippen LogP contribution in [0.3, 0.4) is 0 Å². The third kappa shape index (κ3) is 3.09. The van der Waals surface area contributed by atoms with Gasteiger partial charge in [0.2, 0.25) is 0 Å². The van der Waals surface area contributed by atoms with Crippen LogP contribution in [0.1, 0.15) is 11.1 Å². The van der Waals surface area contributed by atoms with Crippen molar-refractivity contribution in [3.63, 3.8) is 0 Å². The Morgan fingerprint density at radius 2 is 2.05 bits per heavy atom. The summed E-state index contributed by atoms with van der Waals surface area (Å²) in [4.78, 5) is 0. The molecule has 2 nitrogen and oxygen atoms in total. The third-order valence-electron chi connectivity index (χ3n) is 3.36. The second-order valence-corrected chi connectivity index (χ2v) is 5.27. The predicted octanol–water partition coefficient (Wildman–Crippen LogP) is 3.43. The summed E-state index contributed by atoms with van der Waals surface area (Å²) >= 11 is 5.98. The van der Waals surface area contributed by atoms with Gasteiger partial charge in [0.05, 0.1) is 0 Å². The van der Waals surface area contributed by atoms with Crippen molar-refractivity contribution in [1.29, 1.82) is 0 Å². The van der Waals surface area contributed by atoms with E-state index in [1.807, 2.05) is 30.3 Å². The Morgan fingerprint density at radius 1 is 1.16 bits per heavy atom. The Balaban J connectivity index is 1.61. The lowest BCUT2D eigenvalue weighted by atomic mass is 10.0. The van der Waals surface area contributed by atoms with Gasteiger partial charge >= 0.3 is 0 Å². The highest BCUT2D eigenvalue weighted by atomic mass is 35.5. The van der Waals surface area contributed by atoms with Gasteiger partial charge in [-0.05, 0) is 35.7 Å². The molecule has 0 saturated heterocycles. The van der Waals surface area contributed by atoms with E-state index in [2.05, 4.69) is 23.5 Å². The molecule has 1 aliphatic rings. The predicted molar refractivity (Wildman–Crippen MR) is 77.7 cm³/mol. The molecule has 0 saturated carbocycles. The Bertz CT molecular complexity index is 570. The molecule has 0 fully saturated rings. The molecule has 0 bridgehead atoms. The van der Waals surface area contributed by atoms with Crippen LogP contribution in [0.5, 0.6) is 5.75 Å². The monoisotopic (exact) mass is 273 g/mol. The lowest BCUT2D eigenvalue weighted by Gasteiger charge is -2.26. The van der Waals surface area contributed by atoms with Gasteiger partial charge in [0.25, 0.3) is 0 Å². The number of hydrogen-bond acceptors (Lipinski definition) is 2. The second-order valence-electron chi connectivity index (χ2n) is 4.83. The largest absolute Gasteiger partial charge is 0.492 e. The lowest BCUT2D eigenvalue weighted by Crippen LogP contribution is -2.38. The maximum atomic E-state index is 5.98. The maximum absolute atomic E-state index is 5.98. The van der Waals surface area contributed by atoms with E-state index in [0.29, 0.717) is 6.04 Å². The van der Waals surface area contributed by atoms with Crippen molar-refractivity contribution >= 4 is 11.6 Å². The molecule has 0 spiro atoms. The summed E-state index contributed by atoms with van der Waals surface area (Å²) in [5.74, 6) is 1.02. The van der Waals surface area contributed by atoms with Gasteiger partial charge in [-0.25, -0.2) is 0 Å². The molecule has 0 unspecified atom stereocenters. The summed E-state index contributed by atoms with van der Waals surface area (Å²) in [5.41, 5.74) is 2.48. The van der Waals surface area contributed by atoms with Crippen LogP contribution in [0.2, 0.25) is 5.02 Å². The minimum atomic E-state index is 0.355. The zero-order chi connectivity index (χ0) is 13.1. The molecule has 0 aliphatic carbocycles. The molecule has 19 heavy (non-hydrogen) atoms. The van der Waals surface area contributed by atoms with Gasteiger partial charge in [0.15, 0.2) is 0 Å². The summed E-state index contributed by atoms with van der Waals surface area (Å²) in [5, 5.41) is 4.30. The molecule has 3 heteroatoms. The molecule has 1 atom stereocenters. The molecule has 0 amide bonds. The van der Waals surface area contributed by atoms with Gasteiger partial charge in [-0.15, -0.1) is 0 Å². The van der Waals surface area contributed by atoms with Crippen LogP contribution in [0.15, 0.2) is 48.5 Å². The van der Waals surface area contributed by atoms with E-state index in [-0.39, 0.29) is 0 Å². The zero-order valence-corrected chi connectivity index (χ0v) is 11.4. The Labute approximate surface area is 118 Å². The van der Waals surface area contributed by atoms with Crippen molar-refractivity contribution in [2.45, 2.75) is 19.0 Å². The highest BCUT2D eigenvalue weighted by Gasteiger charge is 2.18. The van der Waals surface area contributed by atoms with Crippen LogP contribution in [0.25, 0.3) is 0 Å². The summed E-state index contributed by atoms with van der Waals surface area (Å²) in [7, 11) is 0. The van der Waals surface area contributed by atoms with Crippen LogP contribution >= 0.6 is 11.6 Å². The van der Waals surface area contributed by atoms with Crippen molar-refractivity contribution < 1.29 is 4.74 Å². The van der Waals surface area contributed by atoms with Gasteiger partial charge < -0.3 is 10.1 Å². The first-order valence-corrected chi connectivity index (χ1v) is 6.87. The lowest BCUT2D eigenvalue weighted by molar-refractivity contribution is 0.238. The molecule has 98 valence electrons. The Hall–Kier alpha value is -1.51. The van der Waals surface area contributed by atoms with E-state index >= 15 is 0 Å². The van der Waals surface area contributed by atoms with Crippen LogP contribution < -0.4 is 10.1 Å². The fraction of sp³-hybridized carbons (Fsp3) is 0.250. The first-order chi connectivity index (χ1) is 9.31. The van der Waals surface area contributed by atoms with Crippen molar-refractivity contribution in [2.24, 2.45) is 0 Å². The molecular weight excluding hydrogens is 258 g/mol. The van der Waals surface area contributed by atoms with E-state index in [4.69, 9.17) is 16.3 Å². The minimum absolute atomic E-state index is 0.355. The number of para-hydroxylation sites is 1. The van der Waals surface area contributed by atoms with Gasteiger partial charge in [-0.1, -0.05) is 41.9 Å². The van der Waals surface area contributed by atoms with Crippen molar-refractivity contribution in [2.75, 3.05) is 6.61 Å². The summed E-state index contributed by atoms with van der Waals surface area (Å²) in [6.07, 6.45) is 1.01. The smallest absolute Gasteiger partial charge is 0.122 e. The van der Waals surface area contributed by atoms with E-state index in [1.54, 1.807) is 0 Å². The van der Waals surface area contributed by atoms with Gasteiger partial charge in [0.1, 0.15) is 12.4 Å². The Kier molecular flexibility index (Phi) is 3.72. The normalized spacial score (nSPS) is 17.6. The second kappa shape index (κ2) is 5.64. The van der Waals surface area contributed by atoms with Gasteiger partial charge in [-0.3, -0.25) is 0 Å². The van der Waals surface area contributed by atoms with Crippen LogP contribution in [-0.4, -0.2) is 12.6 Å². The van der Waals surface area contributed by atoms with E-state index in [9.17, 15) is 0 Å². The molecule has 3 rings (SSSR count). The summed E-state index contributed by atoms with van der Waals surface area (Å²) in [6.45, 7) is 1.54. The van der Waals surface area contributed by atoms with Crippen LogP contribution in [0.4, 0.5) is 0 Å². The van der Waals surface area contributed by atoms with Crippen molar-refractivity contribution in [3.8, 4) is 5.75 Å². The highest BCUT2D eigenvalue weighted by Crippen LogP contribution is 2.24. The van der Waals surface area contributed by atoms with Crippen molar-refractivity contribution in [3.05, 3.63) is 64.7 Å². The average Bonchev–Trinajstić information content (AvgIpc) is 2.45. The standard InChI is InChI=1S/C16H16ClNO/c17-14-6-3-4-12(8-14)10-18-15-9-13-5-1-2-7-16(13)19-11-15/h1-8,15,18H,9-11H2/t15-/m1/s1. The zero-order valence-electron chi connectivity index (χ0n) is 10.6. The van der Waals surface area contributed by atoms with Crippen molar-refractivity contribution in [1.82, 2.24) is 5.32 Å². The molecule has 1 N–H and O–H groups in total. The maximum Gasteiger partial charge on any atom is 0.122 e. The SMILES string of the molecule is Clc1cccc(CN[C@H]2COc3ccccc3C2)c1. The number of hydrogen-bond donors (Lipinski definition) is 1. The van der Waals surface area contributed by atoms with E-state index in [0.717, 1.165) is 30.3 Å². The molecular formula is C16H16ClNO. The number of benzene rings is 2. The first kappa shape index (κ1) is 12.5. The topological polar surface area (TPSA) is 21.3 Å². The third-order valence-corrected chi connectivity index (χ3v) is 3.60. The van der Waals surface area contributed by atoms with E-state index in [1.165, 1.54) is 11.1 Å². The molecule has 0 radical (unpaired) electrons. The van der Waals surface area contributed by atoms with Crippen LogP contribution in [-0.2, 0) is 13.0 Å². The number of rotatable bonds is 3.